The second-order valence-electron chi connectivity index (χ2n) is 4.56. The molecule has 1 aromatic heterocycles. The van der Waals surface area contributed by atoms with Gasteiger partial charge >= 0.3 is 0 Å². The number of nitrogens with zero attached hydrogens (tertiary/aromatic N) is 2. The smallest absolute Gasteiger partial charge is 0.271 e. The van der Waals surface area contributed by atoms with Crippen molar-refractivity contribution in [1.82, 2.24) is 15.5 Å². The van der Waals surface area contributed by atoms with E-state index < -0.39 is 0 Å². The lowest BCUT2D eigenvalue weighted by Crippen LogP contribution is -2.27. The number of thioether (sulfide) groups is 1. The van der Waals surface area contributed by atoms with Crippen LogP contribution in [0.15, 0.2) is 12.1 Å². The minimum atomic E-state index is -0.209. The van der Waals surface area contributed by atoms with Gasteiger partial charge in [0.05, 0.1) is 0 Å². The van der Waals surface area contributed by atoms with E-state index in [1.165, 1.54) is 19.3 Å². The lowest BCUT2D eigenvalue weighted by Gasteiger charge is -2.20. The number of nitrogens with one attached hydrogen (secondary N) is 2. The Morgan fingerprint density at radius 1 is 1.42 bits per heavy atom. The number of hydrogen-bond acceptors (Lipinski definition) is 5. The third-order valence-corrected chi connectivity index (χ3v) is 4.62. The van der Waals surface area contributed by atoms with Crippen molar-refractivity contribution < 1.29 is 4.79 Å². The fraction of sp³-hybridized carbons (Fsp3) is 0.615. The number of anilines is 1. The summed E-state index contributed by atoms with van der Waals surface area (Å²) in [6, 6.07) is 3.99. The van der Waals surface area contributed by atoms with Crippen LogP contribution in [0.1, 0.15) is 36.7 Å². The molecule has 1 saturated carbocycles. The van der Waals surface area contributed by atoms with Gasteiger partial charge in [-0.1, -0.05) is 13.3 Å². The second-order valence-corrected chi connectivity index (χ2v) is 6.07. The minimum absolute atomic E-state index is 0.209. The van der Waals surface area contributed by atoms with E-state index in [9.17, 15) is 4.79 Å². The van der Waals surface area contributed by atoms with Gasteiger partial charge in [-0.2, -0.15) is 11.8 Å². The summed E-state index contributed by atoms with van der Waals surface area (Å²) in [5.74, 6) is 1.69. The van der Waals surface area contributed by atoms with Crippen LogP contribution in [0, 0.1) is 0 Å². The normalized spacial score (nSPS) is 22.2. The highest BCUT2D eigenvalue weighted by Crippen LogP contribution is 2.31. The van der Waals surface area contributed by atoms with E-state index >= 15 is 0 Å². The summed E-state index contributed by atoms with van der Waals surface area (Å²) in [4.78, 5) is 11.4. The van der Waals surface area contributed by atoms with Crippen LogP contribution in [-0.2, 0) is 0 Å². The van der Waals surface area contributed by atoms with E-state index in [4.69, 9.17) is 0 Å². The van der Waals surface area contributed by atoms with Gasteiger partial charge in [0.2, 0.25) is 0 Å². The van der Waals surface area contributed by atoms with E-state index in [0.29, 0.717) is 17.0 Å². The molecule has 0 spiro atoms. The first kappa shape index (κ1) is 14.1. The van der Waals surface area contributed by atoms with Crippen LogP contribution in [0.4, 0.5) is 5.82 Å². The van der Waals surface area contributed by atoms with Crippen molar-refractivity contribution in [3.8, 4) is 0 Å². The molecule has 2 rings (SSSR count). The van der Waals surface area contributed by atoms with E-state index in [1.54, 1.807) is 13.1 Å². The van der Waals surface area contributed by atoms with Crippen molar-refractivity contribution in [1.29, 1.82) is 0 Å². The first-order valence-corrected chi connectivity index (χ1v) is 7.73. The molecule has 6 heteroatoms. The van der Waals surface area contributed by atoms with Crippen molar-refractivity contribution >= 4 is 23.5 Å². The number of rotatable bonds is 5. The Balaban J connectivity index is 1.97. The SMILES string of the molecule is CCSC1CCCC1Nc1ccc(C(=O)NC)nn1. The Kier molecular flexibility index (Phi) is 5.01. The molecule has 0 saturated heterocycles. The highest BCUT2D eigenvalue weighted by molar-refractivity contribution is 7.99. The maximum absolute atomic E-state index is 11.4. The van der Waals surface area contributed by atoms with Gasteiger partial charge in [0.25, 0.3) is 5.91 Å². The van der Waals surface area contributed by atoms with Crippen molar-refractivity contribution in [3.63, 3.8) is 0 Å². The fourth-order valence-corrected chi connectivity index (χ4v) is 3.55. The Labute approximate surface area is 118 Å². The highest BCUT2D eigenvalue weighted by atomic mass is 32.2. The summed E-state index contributed by atoms with van der Waals surface area (Å²) in [5, 5.41) is 14.6. The number of carbonyl (C=O) groups excluding carboxylic acids is 1. The lowest BCUT2D eigenvalue weighted by atomic mass is 10.2. The molecule has 1 aliphatic rings. The zero-order chi connectivity index (χ0) is 13.7. The molecule has 19 heavy (non-hydrogen) atoms. The largest absolute Gasteiger partial charge is 0.365 e. The van der Waals surface area contributed by atoms with Crippen LogP contribution in [0.3, 0.4) is 0 Å². The summed E-state index contributed by atoms with van der Waals surface area (Å²) in [5.41, 5.74) is 0.346. The average molecular weight is 280 g/mol. The molecule has 0 radical (unpaired) electrons. The molecule has 1 aliphatic carbocycles. The molecule has 0 aromatic carbocycles. The van der Waals surface area contributed by atoms with Gasteiger partial charge in [0.15, 0.2) is 5.69 Å². The van der Waals surface area contributed by atoms with Crippen molar-refractivity contribution in [2.45, 2.75) is 37.5 Å². The quantitative estimate of drug-likeness (QED) is 0.862. The van der Waals surface area contributed by atoms with Crippen LogP contribution in [0.25, 0.3) is 0 Å². The van der Waals surface area contributed by atoms with Crippen LogP contribution in [0.5, 0.6) is 0 Å². The predicted octanol–water partition coefficient (Wildman–Crippen LogP) is 1.92. The third-order valence-electron chi connectivity index (χ3n) is 3.29. The standard InChI is InChI=1S/C13H20N4OS/c1-3-19-11-6-4-5-9(11)15-12-8-7-10(16-17-12)13(18)14-2/h7-9,11H,3-6H2,1-2H3,(H,14,18)(H,15,17). The Morgan fingerprint density at radius 2 is 2.26 bits per heavy atom. The van der Waals surface area contributed by atoms with E-state index in [2.05, 4.69) is 27.8 Å². The number of hydrogen-bond donors (Lipinski definition) is 2. The van der Waals surface area contributed by atoms with Gasteiger partial charge in [-0.25, -0.2) is 0 Å². The van der Waals surface area contributed by atoms with Crippen LogP contribution >= 0.6 is 11.8 Å². The second kappa shape index (κ2) is 6.75. The van der Waals surface area contributed by atoms with Crippen LogP contribution in [-0.4, -0.2) is 40.2 Å². The lowest BCUT2D eigenvalue weighted by molar-refractivity contribution is 0.0957. The first-order valence-electron chi connectivity index (χ1n) is 6.68. The molecule has 2 N–H and O–H groups in total. The maximum Gasteiger partial charge on any atom is 0.271 e. The molecular weight excluding hydrogens is 260 g/mol. The summed E-state index contributed by atoms with van der Waals surface area (Å²) in [6.07, 6.45) is 3.70. The summed E-state index contributed by atoms with van der Waals surface area (Å²) < 4.78 is 0. The van der Waals surface area contributed by atoms with Gasteiger partial charge in [-0.3, -0.25) is 4.79 Å². The van der Waals surface area contributed by atoms with Gasteiger partial charge in [-0.05, 0) is 30.7 Å². The topological polar surface area (TPSA) is 66.9 Å². The highest BCUT2D eigenvalue weighted by Gasteiger charge is 2.27. The Hall–Kier alpha value is -1.30. The third kappa shape index (κ3) is 3.59. The fourth-order valence-electron chi connectivity index (χ4n) is 2.35. The molecule has 104 valence electrons. The molecule has 1 heterocycles. The number of amides is 1. The minimum Gasteiger partial charge on any atom is -0.365 e. The molecule has 1 fully saturated rings. The Bertz CT molecular complexity index is 423. The maximum atomic E-state index is 11.4. The molecule has 0 bridgehead atoms. The Morgan fingerprint density at radius 3 is 2.89 bits per heavy atom. The van der Waals surface area contributed by atoms with Crippen molar-refractivity contribution in [2.75, 3.05) is 18.1 Å². The molecule has 5 nitrogen and oxygen atoms in total. The van der Waals surface area contributed by atoms with Gasteiger partial charge in [-0.15, -0.1) is 10.2 Å². The van der Waals surface area contributed by atoms with Crippen molar-refractivity contribution in [3.05, 3.63) is 17.8 Å². The molecule has 1 amide bonds. The molecule has 2 atom stereocenters. The molecule has 2 unspecified atom stereocenters. The summed E-state index contributed by atoms with van der Waals surface area (Å²) in [6.45, 7) is 2.19. The summed E-state index contributed by atoms with van der Waals surface area (Å²) >= 11 is 2.00. The predicted molar refractivity (Wildman–Crippen MR) is 78.6 cm³/mol. The van der Waals surface area contributed by atoms with E-state index in [0.717, 1.165) is 11.6 Å². The molecule has 0 aliphatic heterocycles. The number of aromatic nitrogens is 2. The first-order chi connectivity index (χ1) is 9.24. The number of carbonyl (C=O) groups is 1. The van der Waals surface area contributed by atoms with E-state index in [1.807, 2.05) is 17.8 Å². The zero-order valence-electron chi connectivity index (χ0n) is 11.3. The van der Waals surface area contributed by atoms with Gasteiger partial charge in [0.1, 0.15) is 5.82 Å². The summed E-state index contributed by atoms with van der Waals surface area (Å²) in [7, 11) is 1.58. The van der Waals surface area contributed by atoms with Gasteiger partial charge < -0.3 is 10.6 Å². The van der Waals surface area contributed by atoms with Crippen LogP contribution < -0.4 is 10.6 Å². The molecule has 1 aromatic rings. The monoisotopic (exact) mass is 280 g/mol. The zero-order valence-corrected chi connectivity index (χ0v) is 12.2. The average Bonchev–Trinajstić information content (AvgIpc) is 2.86. The van der Waals surface area contributed by atoms with Gasteiger partial charge in [0, 0.05) is 18.3 Å². The van der Waals surface area contributed by atoms with Crippen LogP contribution in [0.2, 0.25) is 0 Å². The van der Waals surface area contributed by atoms with Crippen molar-refractivity contribution in [2.24, 2.45) is 0 Å². The van der Waals surface area contributed by atoms with E-state index in [-0.39, 0.29) is 5.91 Å². The molecular formula is C13H20N4OS.